The first-order chi connectivity index (χ1) is 18.1. The minimum atomic E-state index is -1.63. The molecule has 0 N–H and O–H groups in total. The number of aryl methyl sites for hydroxylation is 1. The van der Waals surface area contributed by atoms with Crippen LogP contribution < -0.4 is 5.56 Å². The fourth-order valence-corrected chi connectivity index (χ4v) is 5.64. The zero-order valence-corrected chi connectivity index (χ0v) is 23.4. The SMILES string of the molecule is C/C=C/N=C(/C(F)=C/n1c(C)cc(C2C(C)C2c2ccc(Cl)cn2)c(Cl)c1=O)c1cccc(S(C)=O)c1F. The third-order valence-corrected chi connectivity index (χ3v) is 8.12. The van der Waals surface area contributed by atoms with Gasteiger partial charge >= 0.3 is 0 Å². The van der Waals surface area contributed by atoms with Gasteiger partial charge in [-0.3, -0.25) is 23.5 Å². The van der Waals surface area contributed by atoms with Gasteiger partial charge < -0.3 is 0 Å². The molecule has 0 aliphatic heterocycles. The van der Waals surface area contributed by atoms with Crippen LogP contribution in [0.25, 0.3) is 6.20 Å². The van der Waals surface area contributed by atoms with Crippen molar-refractivity contribution in [1.82, 2.24) is 9.55 Å². The van der Waals surface area contributed by atoms with Gasteiger partial charge in [-0.15, -0.1) is 0 Å². The molecule has 1 aliphatic carbocycles. The molecule has 198 valence electrons. The Bertz CT molecular complexity index is 1570. The summed E-state index contributed by atoms with van der Waals surface area (Å²) in [5.74, 6) is -1.56. The molecule has 1 aliphatic rings. The van der Waals surface area contributed by atoms with E-state index in [1.165, 1.54) is 30.7 Å². The van der Waals surface area contributed by atoms with E-state index >= 15 is 8.78 Å². The Morgan fingerprint density at radius 1 is 1.21 bits per heavy atom. The summed E-state index contributed by atoms with van der Waals surface area (Å²) in [5, 5.41) is 0.519. The first-order valence-electron chi connectivity index (χ1n) is 11.8. The van der Waals surface area contributed by atoms with Gasteiger partial charge in [-0.05, 0) is 61.6 Å². The van der Waals surface area contributed by atoms with Crippen molar-refractivity contribution in [3.63, 3.8) is 0 Å². The van der Waals surface area contributed by atoms with Gasteiger partial charge in [0.25, 0.3) is 5.56 Å². The molecular formula is C28H25Cl2F2N3O2S. The number of aliphatic imine (C=N–C) groups is 1. The molecule has 0 saturated heterocycles. The second-order valence-electron chi connectivity index (χ2n) is 9.05. The molecular weight excluding hydrogens is 551 g/mol. The Kier molecular flexibility index (Phi) is 8.45. The van der Waals surface area contributed by atoms with Gasteiger partial charge in [0.05, 0.1) is 26.9 Å². The maximum absolute atomic E-state index is 15.6. The van der Waals surface area contributed by atoms with Crippen LogP contribution in [0.15, 0.2) is 75.4 Å². The normalized spacial score (nSPS) is 20.7. The van der Waals surface area contributed by atoms with E-state index < -0.39 is 28.0 Å². The van der Waals surface area contributed by atoms with Gasteiger partial charge in [0, 0.05) is 41.5 Å². The zero-order chi connectivity index (χ0) is 27.7. The first kappa shape index (κ1) is 28.1. The fourth-order valence-electron chi connectivity index (χ4n) is 4.63. The predicted octanol–water partition coefficient (Wildman–Crippen LogP) is 7.04. The van der Waals surface area contributed by atoms with E-state index in [0.717, 1.165) is 16.5 Å². The number of nitrogens with zero attached hydrogens (tertiary/aromatic N) is 3. The summed E-state index contributed by atoms with van der Waals surface area (Å²) in [7, 11) is -1.63. The Balaban J connectivity index is 1.75. The summed E-state index contributed by atoms with van der Waals surface area (Å²) in [4.78, 5) is 21.7. The van der Waals surface area contributed by atoms with Crippen LogP contribution in [0, 0.1) is 18.7 Å². The second-order valence-corrected chi connectivity index (χ2v) is 11.2. The van der Waals surface area contributed by atoms with Gasteiger partial charge in [0.1, 0.15) is 16.6 Å². The Morgan fingerprint density at radius 2 is 1.95 bits per heavy atom. The summed E-state index contributed by atoms with van der Waals surface area (Å²) in [6.07, 6.45) is 6.72. The summed E-state index contributed by atoms with van der Waals surface area (Å²) in [6.45, 7) is 5.39. The Labute approximate surface area is 232 Å². The van der Waals surface area contributed by atoms with E-state index in [0.29, 0.717) is 16.3 Å². The minimum absolute atomic E-state index is 0.0190. The number of rotatable bonds is 7. The minimum Gasteiger partial charge on any atom is -0.284 e. The predicted molar refractivity (Wildman–Crippen MR) is 150 cm³/mol. The summed E-state index contributed by atoms with van der Waals surface area (Å²) in [6, 6.07) is 9.56. The second kappa shape index (κ2) is 11.4. The summed E-state index contributed by atoms with van der Waals surface area (Å²) >= 11 is 12.5. The molecule has 4 rings (SSSR count). The number of hydrogen-bond acceptors (Lipinski definition) is 4. The van der Waals surface area contributed by atoms with E-state index in [-0.39, 0.29) is 38.9 Å². The summed E-state index contributed by atoms with van der Waals surface area (Å²) in [5.41, 5.74) is 0.846. The highest BCUT2D eigenvalue weighted by molar-refractivity contribution is 7.84. The van der Waals surface area contributed by atoms with Crippen LogP contribution in [0.2, 0.25) is 10.0 Å². The molecule has 0 spiro atoms. The third kappa shape index (κ3) is 5.44. The van der Waals surface area contributed by atoms with Crippen molar-refractivity contribution >= 4 is 45.9 Å². The monoisotopic (exact) mass is 575 g/mol. The van der Waals surface area contributed by atoms with E-state index in [1.54, 1.807) is 38.3 Å². The third-order valence-electron chi connectivity index (χ3n) is 6.58. The van der Waals surface area contributed by atoms with E-state index in [1.807, 2.05) is 6.07 Å². The van der Waals surface area contributed by atoms with Crippen LogP contribution in [-0.4, -0.2) is 25.7 Å². The maximum Gasteiger partial charge on any atom is 0.273 e. The average Bonchev–Trinajstić information content (AvgIpc) is 3.55. The standard InChI is InChI=1S/C28H25Cl2F2N3O2S/c1-5-11-33-27(18-7-6-8-22(26(18)32)38(4)37)20(31)14-35-15(2)12-19(25(30)28(35)36)23-16(3)24(23)21-10-9-17(29)13-34-21/h5-14,16,23-24H,1-4H3/b11-5+,20-14-,33-27+. The number of halogens is 4. The number of aromatic nitrogens is 2. The van der Waals surface area contributed by atoms with Gasteiger partial charge in [-0.1, -0.05) is 42.3 Å². The molecule has 0 radical (unpaired) electrons. The molecule has 1 saturated carbocycles. The van der Waals surface area contributed by atoms with Gasteiger partial charge in [-0.2, -0.15) is 0 Å². The number of allylic oxidation sites excluding steroid dienone is 2. The van der Waals surface area contributed by atoms with E-state index in [4.69, 9.17) is 23.2 Å². The van der Waals surface area contributed by atoms with Crippen molar-refractivity contribution in [1.29, 1.82) is 0 Å². The largest absolute Gasteiger partial charge is 0.284 e. The maximum atomic E-state index is 15.6. The van der Waals surface area contributed by atoms with Crippen molar-refractivity contribution in [2.24, 2.45) is 10.9 Å². The molecule has 3 aromatic rings. The van der Waals surface area contributed by atoms with Crippen molar-refractivity contribution in [3.8, 4) is 0 Å². The molecule has 4 unspecified atom stereocenters. The molecule has 38 heavy (non-hydrogen) atoms. The lowest BCUT2D eigenvalue weighted by atomic mass is 10.1. The lowest BCUT2D eigenvalue weighted by Crippen LogP contribution is -2.21. The number of pyridine rings is 2. The Morgan fingerprint density at radius 3 is 2.58 bits per heavy atom. The van der Waals surface area contributed by atoms with Crippen LogP contribution in [0.1, 0.15) is 48.2 Å². The molecule has 0 bridgehead atoms. The first-order valence-corrected chi connectivity index (χ1v) is 14.1. The Hall–Kier alpha value is -2.94. The van der Waals surface area contributed by atoms with Gasteiger partial charge in [0.2, 0.25) is 0 Å². The van der Waals surface area contributed by atoms with Crippen LogP contribution in [0.4, 0.5) is 8.78 Å². The molecule has 1 fully saturated rings. The fraction of sp³-hybridized carbons (Fsp3) is 0.250. The molecule has 1 aromatic carbocycles. The van der Waals surface area contributed by atoms with Crippen molar-refractivity contribution in [2.45, 2.75) is 37.5 Å². The van der Waals surface area contributed by atoms with E-state index in [2.05, 4.69) is 16.9 Å². The highest BCUT2D eigenvalue weighted by Crippen LogP contribution is 2.60. The number of benzene rings is 1. The molecule has 5 nitrogen and oxygen atoms in total. The highest BCUT2D eigenvalue weighted by Gasteiger charge is 2.50. The van der Waals surface area contributed by atoms with Crippen molar-refractivity contribution < 1.29 is 13.0 Å². The molecule has 0 amide bonds. The topological polar surface area (TPSA) is 64.3 Å². The molecule has 2 heterocycles. The smallest absolute Gasteiger partial charge is 0.273 e. The highest BCUT2D eigenvalue weighted by atomic mass is 35.5. The van der Waals surface area contributed by atoms with Gasteiger partial charge in [0.15, 0.2) is 5.83 Å². The number of hydrogen-bond donors (Lipinski definition) is 0. The van der Waals surface area contributed by atoms with Crippen molar-refractivity contribution in [3.05, 3.63) is 109 Å². The van der Waals surface area contributed by atoms with Crippen LogP contribution in [0.5, 0.6) is 0 Å². The summed E-state index contributed by atoms with van der Waals surface area (Å²) < 4.78 is 43.8. The van der Waals surface area contributed by atoms with Crippen LogP contribution >= 0.6 is 23.2 Å². The molecule has 10 heteroatoms. The lowest BCUT2D eigenvalue weighted by Gasteiger charge is -2.12. The van der Waals surface area contributed by atoms with Gasteiger partial charge in [-0.25, -0.2) is 8.78 Å². The zero-order valence-electron chi connectivity index (χ0n) is 21.1. The van der Waals surface area contributed by atoms with Crippen LogP contribution in [0.3, 0.4) is 0 Å². The molecule has 2 aromatic heterocycles. The average molecular weight is 576 g/mol. The van der Waals surface area contributed by atoms with Crippen molar-refractivity contribution in [2.75, 3.05) is 6.26 Å². The quantitative estimate of drug-likeness (QED) is 0.284. The van der Waals surface area contributed by atoms with E-state index in [9.17, 15) is 9.00 Å². The van der Waals surface area contributed by atoms with Crippen LogP contribution in [-0.2, 0) is 10.8 Å². The lowest BCUT2D eigenvalue weighted by molar-refractivity contribution is 0.591. The molecule has 4 atom stereocenters.